The highest BCUT2D eigenvalue weighted by atomic mass is 32.2. The molecule has 104 valence electrons. The molecule has 1 N–H and O–H groups in total. The largest absolute Gasteiger partial charge is 0.474 e. The van der Waals surface area contributed by atoms with E-state index in [2.05, 4.69) is 22.5 Å². The van der Waals surface area contributed by atoms with Crippen LogP contribution in [0.4, 0.5) is 0 Å². The van der Waals surface area contributed by atoms with Crippen molar-refractivity contribution in [3.05, 3.63) is 23.9 Å². The van der Waals surface area contributed by atoms with Crippen LogP contribution in [0.25, 0.3) is 0 Å². The number of nitrogens with zero attached hydrogens (tertiary/aromatic N) is 1. The minimum atomic E-state index is 0.209. The standard InChI is InChI=1S/C13H18N2O2S2/c1-19-13(16)3-2-9-4-5-14-12(6-9)17-11-7-10(8-11)15-18/h4-6,10-11,15,18H,2-3,7-8H2,1H3/t10-,11+. The lowest BCUT2D eigenvalue weighted by Gasteiger charge is -2.34. The number of carbonyl (C=O) groups is 1. The van der Waals surface area contributed by atoms with Gasteiger partial charge in [0.15, 0.2) is 5.12 Å². The predicted molar refractivity (Wildman–Crippen MR) is 80.6 cm³/mol. The summed E-state index contributed by atoms with van der Waals surface area (Å²) in [6, 6.07) is 4.30. The highest BCUT2D eigenvalue weighted by Crippen LogP contribution is 2.25. The van der Waals surface area contributed by atoms with Crippen LogP contribution >= 0.6 is 24.6 Å². The van der Waals surface area contributed by atoms with E-state index in [-0.39, 0.29) is 11.2 Å². The SMILES string of the molecule is CSC(=O)CCc1ccnc(O[C@H]2C[C@@H](NS)C2)c1. The summed E-state index contributed by atoms with van der Waals surface area (Å²) in [6.07, 6.45) is 6.98. The lowest BCUT2D eigenvalue weighted by atomic mass is 9.90. The summed E-state index contributed by atoms with van der Waals surface area (Å²) in [5.74, 6) is 0.650. The predicted octanol–water partition coefficient (Wildman–Crippen LogP) is 2.25. The first kappa shape index (κ1) is 14.7. The van der Waals surface area contributed by atoms with E-state index in [1.54, 1.807) is 6.20 Å². The molecule has 0 atom stereocenters. The van der Waals surface area contributed by atoms with Crippen LogP contribution in [-0.2, 0) is 11.2 Å². The Morgan fingerprint density at radius 1 is 1.63 bits per heavy atom. The van der Waals surface area contributed by atoms with E-state index < -0.39 is 0 Å². The molecule has 1 fully saturated rings. The Bertz CT molecular complexity index is 436. The Hall–Kier alpha value is -0.720. The van der Waals surface area contributed by atoms with Crippen LogP contribution in [0.5, 0.6) is 5.88 Å². The van der Waals surface area contributed by atoms with E-state index in [9.17, 15) is 4.79 Å². The Kier molecular flexibility index (Phi) is 5.54. The van der Waals surface area contributed by atoms with Gasteiger partial charge in [-0.05, 0) is 24.3 Å². The second-order valence-corrected chi connectivity index (χ2v) is 5.74. The van der Waals surface area contributed by atoms with Crippen LogP contribution in [0.15, 0.2) is 18.3 Å². The molecule has 1 aliphatic rings. The number of aromatic nitrogens is 1. The maximum absolute atomic E-state index is 11.3. The minimum Gasteiger partial charge on any atom is -0.474 e. The lowest BCUT2D eigenvalue weighted by Crippen LogP contribution is -2.43. The molecule has 0 aromatic carbocycles. The first-order chi connectivity index (χ1) is 9.21. The van der Waals surface area contributed by atoms with Gasteiger partial charge in [0.05, 0.1) is 0 Å². The van der Waals surface area contributed by atoms with Crippen LogP contribution in [0, 0.1) is 0 Å². The summed E-state index contributed by atoms with van der Waals surface area (Å²) in [4.78, 5) is 15.5. The molecule has 19 heavy (non-hydrogen) atoms. The molecule has 0 saturated heterocycles. The van der Waals surface area contributed by atoms with Crippen LogP contribution in [-0.4, -0.2) is 28.5 Å². The highest BCUT2D eigenvalue weighted by molar-refractivity contribution is 8.13. The van der Waals surface area contributed by atoms with Gasteiger partial charge in [0.1, 0.15) is 6.10 Å². The number of aryl methyl sites for hydroxylation is 1. The first-order valence-corrected chi connectivity index (χ1v) is 7.96. The zero-order valence-electron chi connectivity index (χ0n) is 10.8. The Morgan fingerprint density at radius 3 is 3.11 bits per heavy atom. The van der Waals surface area contributed by atoms with Crippen molar-refractivity contribution in [1.82, 2.24) is 9.71 Å². The third-order valence-electron chi connectivity index (χ3n) is 3.21. The Labute approximate surface area is 123 Å². The van der Waals surface area contributed by atoms with Gasteiger partial charge >= 0.3 is 0 Å². The minimum absolute atomic E-state index is 0.209. The second kappa shape index (κ2) is 7.17. The van der Waals surface area contributed by atoms with Crippen LogP contribution in [0.1, 0.15) is 24.8 Å². The van der Waals surface area contributed by atoms with Crippen molar-refractivity contribution in [1.29, 1.82) is 0 Å². The average molecular weight is 298 g/mol. The van der Waals surface area contributed by atoms with E-state index in [0.29, 0.717) is 18.3 Å². The van der Waals surface area contributed by atoms with Gasteiger partial charge in [0, 0.05) is 37.6 Å². The molecule has 4 nitrogen and oxygen atoms in total. The van der Waals surface area contributed by atoms with Gasteiger partial charge in [-0.15, -0.1) is 0 Å². The van der Waals surface area contributed by atoms with Gasteiger partial charge in [0.2, 0.25) is 5.88 Å². The number of ether oxygens (including phenoxy) is 1. The summed E-state index contributed by atoms with van der Waals surface area (Å²) in [5, 5.41) is 0.209. The molecule has 0 spiro atoms. The average Bonchev–Trinajstić information content (AvgIpc) is 2.40. The van der Waals surface area contributed by atoms with E-state index >= 15 is 0 Å². The van der Waals surface area contributed by atoms with Gasteiger partial charge in [-0.3, -0.25) is 9.52 Å². The number of thioether (sulfide) groups is 1. The second-order valence-electron chi connectivity index (χ2n) is 4.62. The lowest BCUT2D eigenvalue weighted by molar-refractivity contribution is -0.110. The maximum Gasteiger partial charge on any atom is 0.213 e. The number of hydrogen-bond acceptors (Lipinski definition) is 6. The molecule has 1 aromatic rings. The van der Waals surface area contributed by atoms with E-state index in [1.807, 2.05) is 18.4 Å². The Balaban J connectivity index is 1.83. The van der Waals surface area contributed by atoms with Crippen LogP contribution < -0.4 is 9.46 Å². The molecule has 1 aliphatic carbocycles. The summed E-state index contributed by atoms with van der Waals surface area (Å²) in [6.45, 7) is 0. The monoisotopic (exact) mass is 298 g/mol. The Morgan fingerprint density at radius 2 is 2.42 bits per heavy atom. The van der Waals surface area contributed by atoms with Crippen molar-refractivity contribution in [3.63, 3.8) is 0 Å². The fraction of sp³-hybridized carbons (Fsp3) is 0.538. The normalized spacial score (nSPS) is 21.8. The molecule has 0 unspecified atom stereocenters. The third-order valence-corrected chi connectivity index (χ3v) is 4.23. The molecule has 6 heteroatoms. The van der Waals surface area contributed by atoms with Crippen molar-refractivity contribution < 1.29 is 9.53 Å². The van der Waals surface area contributed by atoms with E-state index in [0.717, 1.165) is 24.8 Å². The number of rotatable bonds is 6. The molecule has 0 radical (unpaired) electrons. The molecule has 0 amide bonds. The van der Waals surface area contributed by atoms with Gasteiger partial charge in [-0.2, -0.15) is 0 Å². The van der Waals surface area contributed by atoms with Crippen LogP contribution in [0.3, 0.4) is 0 Å². The van der Waals surface area contributed by atoms with Gasteiger partial charge < -0.3 is 4.74 Å². The summed E-state index contributed by atoms with van der Waals surface area (Å²) >= 11 is 5.31. The molecule has 1 heterocycles. The number of pyridine rings is 1. The smallest absolute Gasteiger partial charge is 0.213 e. The van der Waals surface area contributed by atoms with Crippen LogP contribution in [0.2, 0.25) is 0 Å². The maximum atomic E-state index is 11.3. The van der Waals surface area contributed by atoms with Crippen molar-refractivity contribution in [2.45, 2.75) is 37.8 Å². The molecule has 1 aromatic heterocycles. The zero-order chi connectivity index (χ0) is 13.7. The van der Waals surface area contributed by atoms with Crippen molar-refractivity contribution in [2.24, 2.45) is 0 Å². The van der Waals surface area contributed by atoms with Gasteiger partial charge in [-0.25, -0.2) is 4.98 Å². The number of hydrogen-bond donors (Lipinski definition) is 2. The number of thiol groups is 1. The summed E-state index contributed by atoms with van der Waals surface area (Å²) < 4.78 is 8.70. The molecular formula is C13H18N2O2S2. The quantitative estimate of drug-likeness (QED) is 0.789. The fourth-order valence-corrected chi connectivity index (χ4v) is 2.47. The van der Waals surface area contributed by atoms with Crippen molar-refractivity contribution >= 4 is 29.7 Å². The van der Waals surface area contributed by atoms with Gasteiger partial charge in [-0.1, -0.05) is 24.6 Å². The van der Waals surface area contributed by atoms with E-state index in [1.165, 1.54) is 11.8 Å². The van der Waals surface area contributed by atoms with E-state index in [4.69, 9.17) is 4.74 Å². The fourth-order valence-electron chi connectivity index (χ4n) is 1.96. The first-order valence-electron chi connectivity index (χ1n) is 6.29. The van der Waals surface area contributed by atoms with Crippen molar-refractivity contribution in [2.75, 3.05) is 6.26 Å². The topological polar surface area (TPSA) is 51.2 Å². The molecule has 0 aliphatic heterocycles. The van der Waals surface area contributed by atoms with Crippen molar-refractivity contribution in [3.8, 4) is 5.88 Å². The summed E-state index contributed by atoms with van der Waals surface area (Å²) in [7, 11) is 0. The number of nitrogens with one attached hydrogen (secondary N) is 1. The molecule has 0 bridgehead atoms. The summed E-state index contributed by atoms with van der Waals surface area (Å²) in [5.41, 5.74) is 1.09. The number of carbonyl (C=O) groups excluding carboxylic acids is 1. The zero-order valence-corrected chi connectivity index (χ0v) is 12.5. The van der Waals surface area contributed by atoms with Gasteiger partial charge in [0.25, 0.3) is 0 Å². The third kappa shape index (κ3) is 4.40. The molecular weight excluding hydrogens is 280 g/mol. The molecule has 2 rings (SSSR count). The molecule has 1 saturated carbocycles. The highest BCUT2D eigenvalue weighted by Gasteiger charge is 2.30.